The predicted molar refractivity (Wildman–Crippen MR) is 29.6 cm³/mol. The Morgan fingerprint density at radius 2 is 2.38 bits per heavy atom. The van der Waals surface area contributed by atoms with Crippen molar-refractivity contribution in [3.8, 4) is 0 Å². The Bertz CT molecular complexity index is 94.7. The Morgan fingerprint density at radius 3 is 2.50 bits per heavy atom. The van der Waals surface area contributed by atoms with E-state index in [9.17, 15) is 4.79 Å². The molecule has 46 valence electrons. The minimum atomic E-state index is 0.236. The van der Waals surface area contributed by atoms with Gasteiger partial charge in [-0.3, -0.25) is 4.79 Å². The second-order valence-electron chi connectivity index (χ2n) is 2.05. The highest BCUT2D eigenvalue weighted by Gasteiger charge is 2.24. The topological polar surface area (TPSA) is 26.3 Å². The van der Waals surface area contributed by atoms with Crippen molar-refractivity contribution in [2.45, 2.75) is 13.3 Å². The van der Waals surface area contributed by atoms with Crippen molar-refractivity contribution in [1.82, 2.24) is 0 Å². The molecule has 1 aliphatic heterocycles. The van der Waals surface area contributed by atoms with Gasteiger partial charge in [0.25, 0.3) is 0 Å². The SMILES string of the molecule is CCC(=O)C1COC1. The van der Waals surface area contributed by atoms with E-state index >= 15 is 0 Å². The normalized spacial score (nSPS) is 20.1. The Labute approximate surface area is 48.8 Å². The summed E-state index contributed by atoms with van der Waals surface area (Å²) in [4.78, 5) is 10.7. The average Bonchev–Trinajstić information content (AvgIpc) is 1.62. The van der Waals surface area contributed by atoms with Gasteiger partial charge in [-0.25, -0.2) is 0 Å². The second-order valence-corrected chi connectivity index (χ2v) is 2.05. The Kier molecular flexibility index (Phi) is 1.63. The molecular weight excluding hydrogens is 104 g/mol. The van der Waals surface area contributed by atoms with Crippen LogP contribution in [0.4, 0.5) is 0 Å². The number of ketones is 1. The molecular formula is C6H10O2. The molecule has 1 rings (SSSR count). The van der Waals surface area contributed by atoms with Crippen molar-refractivity contribution < 1.29 is 9.53 Å². The van der Waals surface area contributed by atoms with Crippen LogP contribution in [0.25, 0.3) is 0 Å². The first kappa shape index (κ1) is 5.76. The van der Waals surface area contributed by atoms with E-state index in [1.807, 2.05) is 6.92 Å². The standard InChI is InChI=1S/C6H10O2/c1-2-6(7)5-3-8-4-5/h5H,2-4H2,1H3. The van der Waals surface area contributed by atoms with E-state index in [0.29, 0.717) is 25.4 Å². The number of Topliss-reactive ketones (excluding diaryl/α,β-unsaturated/α-hetero) is 1. The third kappa shape index (κ3) is 0.892. The third-order valence-corrected chi connectivity index (χ3v) is 1.44. The summed E-state index contributed by atoms with van der Waals surface area (Å²) < 4.78 is 4.84. The maximum atomic E-state index is 10.7. The zero-order chi connectivity index (χ0) is 5.98. The van der Waals surface area contributed by atoms with Crippen molar-refractivity contribution >= 4 is 5.78 Å². The quantitative estimate of drug-likeness (QED) is 0.525. The molecule has 0 N–H and O–H groups in total. The summed E-state index contributed by atoms with van der Waals surface area (Å²) in [6, 6.07) is 0. The molecule has 2 nitrogen and oxygen atoms in total. The molecule has 0 radical (unpaired) electrons. The van der Waals surface area contributed by atoms with Gasteiger partial charge in [-0.15, -0.1) is 0 Å². The molecule has 1 heterocycles. The van der Waals surface area contributed by atoms with Crippen LogP contribution < -0.4 is 0 Å². The van der Waals surface area contributed by atoms with E-state index in [-0.39, 0.29) is 5.92 Å². The van der Waals surface area contributed by atoms with Crippen LogP contribution in [-0.4, -0.2) is 19.0 Å². The minimum absolute atomic E-state index is 0.236. The second kappa shape index (κ2) is 2.27. The van der Waals surface area contributed by atoms with Gasteiger partial charge in [-0.2, -0.15) is 0 Å². The monoisotopic (exact) mass is 114 g/mol. The maximum absolute atomic E-state index is 10.7. The molecule has 1 fully saturated rings. The van der Waals surface area contributed by atoms with Gasteiger partial charge in [0.1, 0.15) is 5.78 Å². The van der Waals surface area contributed by atoms with E-state index in [2.05, 4.69) is 0 Å². The fourth-order valence-corrected chi connectivity index (χ4v) is 0.710. The van der Waals surface area contributed by atoms with Crippen molar-refractivity contribution in [1.29, 1.82) is 0 Å². The van der Waals surface area contributed by atoms with Crippen LogP contribution in [0.1, 0.15) is 13.3 Å². The van der Waals surface area contributed by atoms with Crippen molar-refractivity contribution in [2.24, 2.45) is 5.92 Å². The van der Waals surface area contributed by atoms with Crippen molar-refractivity contribution in [2.75, 3.05) is 13.2 Å². The van der Waals surface area contributed by atoms with Gasteiger partial charge < -0.3 is 4.74 Å². The lowest BCUT2D eigenvalue weighted by Crippen LogP contribution is -2.34. The third-order valence-electron chi connectivity index (χ3n) is 1.44. The fourth-order valence-electron chi connectivity index (χ4n) is 0.710. The number of carbonyl (C=O) groups excluding carboxylic acids is 1. The van der Waals surface area contributed by atoms with Gasteiger partial charge >= 0.3 is 0 Å². The summed E-state index contributed by atoms with van der Waals surface area (Å²) in [5.41, 5.74) is 0. The van der Waals surface area contributed by atoms with Gasteiger partial charge in [0.05, 0.1) is 19.1 Å². The van der Waals surface area contributed by atoms with Crippen molar-refractivity contribution in [3.63, 3.8) is 0 Å². The lowest BCUT2D eigenvalue weighted by Gasteiger charge is -2.23. The molecule has 0 bridgehead atoms. The van der Waals surface area contributed by atoms with Gasteiger partial charge in [-0.1, -0.05) is 6.92 Å². The Morgan fingerprint density at radius 1 is 1.75 bits per heavy atom. The molecule has 0 atom stereocenters. The number of carbonyl (C=O) groups is 1. The van der Waals surface area contributed by atoms with Gasteiger partial charge in [0.15, 0.2) is 0 Å². The van der Waals surface area contributed by atoms with E-state index in [0.717, 1.165) is 0 Å². The van der Waals surface area contributed by atoms with Gasteiger partial charge in [-0.05, 0) is 0 Å². The van der Waals surface area contributed by atoms with Crippen LogP contribution in [-0.2, 0) is 9.53 Å². The van der Waals surface area contributed by atoms with Crippen LogP contribution in [0.15, 0.2) is 0 Å². The molecule has 0 unspecified atom stereocenters. The van der Waals surface area contributed by atoms with E-state index in [1.54, 1.807) is 0 Å². The number of hydrogen-bond acceptors (Lipinski definition) is 2. The lowest BCUT2D eigenvalue weighted by molar-refractivity contribution is -0.136. The van der Waals surface area contributed by atoms with Crippen LogP contribution in [0, 0.1) is 5.92 Å². The highest BCUT2D eigenvalue weighted by molar-refractivity contribution is 5.81. The molecule has 8 heavy (non-hydrogen) atoms. The molecule has 0 spiro atoms. The van der Waals surface area contributed by atoms with Gasteiger partial charge in [0.2, 0.25) is 0 Å². The molecule has 2 heteroatoms. The first-order valence-corrected chi connectivity index (χ1v) is 2.95. The van der Waals surface area contributed by atoms with Crippen molar-refractivity contribution in [3.05, 3.63) is 0 Å². The van der Waals surface area contributed by atoms with Crippen LogP contribution in [0.2, 0.25) is 0 Å². The molecule has 0 aromatic carbocycles. The van der Waals surface area contributed by atoms with Gasteiger partial charge in [0, 0.05) is 6.42 Å². The zero-order valence-electron chi connectivity index (χ0n) is 5.02. The largest absolute Gasteiger partial charge is 0.380 e. The highest BCUT2D eigenvalue weighted by Crippen LogP contribution is 2.11. The first-order chi connectivity index (χ1) is 3.84. The number of ether oxygens (including phenoxy) is 1. The maximum Gasteiger partial charge on any atom is 0.140 e. The first-order valence-electron chi connectivity index (χ1n) is 2.95. The molecule has 1 saturated heterocycles. The van der Waals surface area contributed by atoms with Crippen LogP contribution in [0.5, 0.6) is 0 Å². The number of hydrogen-bond donors (Lipinski definition) is 0. The summed E-state index contributed by atoms with van der Waals surface area (Å²) in [5.74, 6) is 0.580. The number of rotatable bonds is 2. The Hall–Kier alpha value is -0.370. The molecule has 0 aromatic heterocycles. The molecule has 0 aromatic rings. The highest BCUT2D eigenvalue weighted by atomic mass is 16.5. The molecule has 0 aliphatic carbocycles. The smallest absolute Gasteiger partial charge is 0.140 e. The zero-order valence-corrected chi connectivity index (χ0v) is 5.02. The summed E-state index contributed by atoms with van der Waals surface area (Å²) in [7, 11) is 0. The lowest BCUT2D eigenvalue weighted by atomic mass is 10.0. The fraction of sp³-hybridized carbons (Fsp3) is 0.833. The molecule has 0 amide bonds. The minimum Gasteiger partial charge on any atom is -0.380 e. The Balaban J connectivity index is 2.24. The molecule has 1 aliphatic rings. The summed E-state index contributed by atoms with van der Waals surface area (Å²) in [5, 5.41) is 0. The van der Waals surface area contributed by atoms with E-state index in [1.165, 1.54) is 0 Å². The molecule has 0 saturated carbocycles. The van der Waals surface area contributed by atoms with Crippen LogP contribution >= 0.6 is 0 Å². The predicted octanol–water partition coefficient (Wildman–Crippen LogP) is 0.612. The summed E-state index contributed by atoms with van der Waals surface area (Å²) in [6.07, 6.45) is 0.661. The summed E-state index contributed by atoms with van der Waals surface area (Å²) in [6.45, 7) is 3.21. The van der Waals surface area contributed by atoms with E-state index in [4.69, 9.17) is 4.74 Å². The van der Waals surface area contributed by atoms with Crippen LogP contribution in [0.3, 0.4) is 0 Å². The summed E-state index contributed by atoms with van der Waals surface area (Å²) >= 11 is 0. The van der Waals surface area contributed by atoms with E-state index < -0.39 is 0 Å². The average molecular weight is 114 g/mol.